The summed E-state index contributed by atoms with van der Waals surface area (Å²) in [6.07, 6.45) is -3.72. The summed E-state index contributed by atoms with van der Waals surface area (Å²) in [6, 6.07) is 5.83. The molecule has 1 fully saturated rings. The van der Waals surface area contributed by atoms with E-state index in [1.807, 2.05) is 0 Å². The Bertz CT molecular complexity index is 754. The third-order valence-electron chi connectivity index (χ3n) is 4.12. The van der Waals surface area contributed by atoms with Gasteiger partial charge in [0.05, 0.1) is 23.3 Å². The first-order valence-corrected chi connectivity index (χ1v) is 7.47. The summed E-state index contributed by atoms with van der Waals surface area (Å²) in [7, 11) is 0. The monoisotopic (exact) mass is 339 g/mol. The third-order valence-corrected chi connectivity index (χ3v) is 4.12. The maximum Gasteiger partial charge on any atom is 0.416 e. The lowest BCUT2D eigenvalue weighted by molar-refractivity contribution is -0.137. The van der Waals surface area contributed by atoms with Gasteiger partial charge in [0.25, 0.3) is 5.91 Å². The molecule has 128 valence electrons. The number of aliphatic hydroxyl groups excluding tert-OH is 1. The minimum Gasteiger partial charge on any atom is -0.469 e. The number of furan rings is 1. The molecule has 3 rings (SSSR count). The molecule has 2 atom stereocenters. The van der Waals surface area contributed by atoms with Gasteiger partial charge in [-0.2, -0.15) is 13.2 Å². The number of alkyl halides is 3. The van der Waals surface area contributed by atoms with Crippen LogP contribution in [0.5, 0.6) is 0 Å². The number of rotatable bonds is 2. The van der Waals surface area contributed by atoms with Crippen LogP contribution < -0.4 is 0 Å². The van der Waals surface area contributed by atoms with Crippen molar-refractivity contribution >= 4 is 5.91 Å². The zero-order chi connectivity index (χ0) is 17.5. The van der Waals surface area contributed by atoms with E-state index >= 15 is 0 Å². The fourth-order valence-electron chi connectivity index (χ4n) is 3.00. The molecule has 7 heteroatoms. The van der Waals surface area contributed by atoms with Gasteiger partial charge in [-0.1, -0.05) is 12.1 Å². The first-order chi connectivity index (χ1) is 11.3. The molecule has 24 heavy (non-hydrogen) atoms. The highest BCUT2D eigenvalue weighted by atomic mass is 19.4. The highest BCUT2D eigenvalue weighted by molar-refractivity contribution is 5.94. The van der Waals surface area contributed by atoms with Crippen molar-refractivity contribution in [1.29, 1.82) is 0 Å². The Morgan fingerprint density at radius 1 is 1.33 bits per heavy atom. The SMILES string of the molecule is Cc1cc(C(=O)N2C[C@@H](O)C[C@@H]2c2cccc(C(F)(F)F)c2)co1. The smallest absolute Gasteiger partial charge is 0.416 e. The van der Waals surface area contributed by atoms with Gasteiger partial charge in [-0.15, -0.1) is 0 Å². The summed E-state index contributed by atoms with van der Waals surface area (Å²) in [4.78, 5) is 14.0. The van der Waals surface area contributed by atoms with Gasteiger partial charge in [-0.25, -0.2) is 0 Å². The third kappa shape index (κ3) is 3.17. The molecule has 0 spiro atoms. The van der Waals surface area contributed by atoms with E-state index in [-0.39, 0.29) is 18.9 Å². The zero-order valence-electron chi connectivity index (χ0n) is 12.9. The highest BCUT2D eigenvalue weighted by Gasteiger charge is 2.37. The summed E-state index contributed by atoms with van der Waals surface area (Å²) in [6.45, 7) is 1.77. The number of likely N-dealkylation sites (tertiary alicyclic amines) is 1. The summed E-state index contributed by atoms with van der Waals surface area (Å²) in [5.41, 5.74) is -0.0959. The topological polar surface area (TPSA) is 53.7 Å². The first kappa shape index (κ1) is 16.6. The van der Waals surface area contributed by atoms with Crippen molar-refractivity contribution in [2.45, 2.75) is 31.7 Å². The van der Waals surface area contributed by atoms with Crippen LogP contribution >= 0.6 is 0 Å². The summed E-state index contributed by atoms with van der Waals surface area (Å²) < 4.78 is 43.9. The van der Waals surface area contributed by atoms with E-state index in [1.165, 1.54) is 17.2 Å². The molecule has 2 aromatic rings. The molecule has 0 bridgehead atoms. The van der Waals surface area contributed by atoms with Gasteiger partial charge in [0.1, 0.15) is 12.0 Å². The van der Waals surface area contributed by atoms with Gasteiger partial charge >= 0.3 is 6.18 Å². The minimum atomic E-state index is -4.45. The molecule has 1 aromatic carbocycles. The van der Waals surface area contributed by atoms with Crippen molar-refractivity contribution in [2.24, 2.45) is 0 Å². The van der Waals surface area contributed by atoms with Crippen LogP contribution in [0.15, 0.2) is 41.0 Å². The number of aliphatic hydroxyl groups is 1. The van der Waals surface area contributed by atoms with Gasteiger partial charge in [0.2, 0.25) is 0 Å². The van der Waals surface area contributed by atoms with Crippen molar-refractivity contribution in [3.63, 3.8) is 0 Å². The van der Waals surface area contributed by atoms with E-state index in [1.54, 1.807) is 19.1 Å². The van der Waals surface area contributed by atoms with Gasteiger partial charge in [-0.3, -0.25) is 4.79 Å². The number of nitrogens with zero attached hydrogens (tertiary/aromatic N) is 1. The number of hydrogen-bond donors (Lipinski definition) is 1. The molecule has 0 radical (unpaired) electrons. The number of halogens is 3. The average molecular weight is 339 g/mol. The van der Waals surface area contributed by atoms with Gasteiger partial charge in [0, 0.05) is 6.54 Å². The maximum absolute atomic E-state index is 12.9. The van der Waals surface area contributed by atoms with Crippen molar-refractivity contribution < 1.29 is 27.5 Å². The van der Waals surface area contributed by atoms with Crippen molar-refractivity contribution in [2.75, 3.05) is 6.54 Å². The number of aryl methyl sites for hydroxylation is 1. The van der Waals surface area contributed by atoms with Crippen LogP contribution in [0.3, 0.4) is 0 Å². The molecule has 1 amide bonds. The minimum absolute atomic E-state index is 0.0734. The number of carbonyl (C=O) groups excluding carboxylic acids is 1. The molecule has 1 N–H and O–H groups in total. The van der Waals surface area contributed by atoms with Crippen LogP contribution in [0.4, 0.5) is 13.2 Å². The predicted octanol–water partition coefficient (Wildman–Crippen LogP) is 3.55. The molecule has 1 aromatic heterocycles. The van der Waals surface area contributed by atoms with Crippen LogP contribution in [0.1, 0.15) is 39.7 Å². The summed E-state index contributed by atoms with van der Waals surface area (Å²) >= 11 is 0. The normalized spacial score (nSPS) is 21.3. The van der Waals surface area contributed by atoms with E-state index in [0.717, 1.165) is 12.1 Å². The van der Waals surface area contributed by atoms with Crippen molar-refractivity contribution in [3.05, 3.63) is 59.0 Å². The molecule has 0 saturated carbocycles. The van der Waals surface area contributed by atoms with Crippen LogP contribution in [0.25, 0.3) is 0 Å². The summed E-state index contributed by atoms with van der Waals surface area (Å²) in [5, 5.41) is 9.92. The van der Waals surface area contributed by atoms with Gasteiger partial charge in [0.15, 0.2) is 0 Å². The lowest BCUT2D eigenvalue weighted by atomic mass is 10.0. The van der Waals surface area contributed by atoms with E-state index in [9.17, 15) is 23.1 Å². The van der Waals surface area contributed by atoms with Crippen LogP contribution in [-0.4, -0.2) is 28.6 Å². The Hall–Kier alpha value is -2.28. The Kier molecular flexibility index (Phi) is 4.13. The average Bonchev–Trinajstić information content (AvgIpc) is 3.12. The fraction of sp³-hybridized carbons (Fsp3) is 0.353. The standard InChI is InChI=1S/C17H16F3NO3/c1-10-5-12(9-24-10)16(23)21-8-14(22)7-15(21)11-3-2-4-13(6-11)17(18,19)20/h2-6,9,14-15,22H,7-8H2,1H3/t14-,15+/m0/s1. The van der Waals surface area contributed by atoms with Gasteiger partial charge < -0.3 is 14.4 Å². The van der Waals surface area contributed by atoms with Crippen LogP contribution in [0.2, 0.25) is 0 Å². The highest BCUT2D eigenvalue weighted by Crippen LogP contribution is 2.37. The molecule has 4 nitrogen and oxygen atoms in total. The first-order valence-electron chi connectivity index (χ1n) is 7.47. The van der Waals surface area contributed by atoms with Gasteiger partial charge in [-0.05, 0) is 37.1 Å². The largest absolute Gasteiger partial charge is 0.469 e. The number of β-amino-alcohol motifs (C(OH)–C–C–N with tert-alkyl or cyclic N) is 1. The Morgan fingerprint density at radius 2 is 2.08 bits per heavy atom. The second-order valence-electron chi connectivity index (χ2n) is 5.93. The quantitative estimate of drug-likeness (QED) is 0.910. The molecule has 1 saturated heterocycles. The Morgan fingerprint density at radius 3 is 2.71 bits per heavy atom. The lowest BCUT2D eigenvalue weighted by Gasteiger charge is -2.25. The second kappa shape index (κ2) is 5.98. The number of amides is 1. The van der Waals surface area contributed by atoms with Crippen molar-refractivity contribution in [3.8, 4) is 0 Å². The molecule has 0 aliphatic carbocycles. The second-order valence-corrected chi connectivity index (χ2v) is 5.93. The Labute approximate surface area is 136 Å². The van der Waals surface area contributed by atoms with Crippen LogP contribution in [0, 0.1) is 6.92 Å². The number of benzene rings is 1. The zero-order valence-corrected chi connectivity index (χ0v) is 12.9. The molecule has 1 aliphatic rings. The molecule has 0 unspecified atom stereocenters. The molecular formula is C17H16F3NO3. The van der Waals surface area contributed by atoms with Crippen molar-refractivity contribution in [1.82, 2.24) is 4.90 Å². The predicted molar refractivity (Wildman–Crippen MR) is 79.3 cm³/mol. The Balaban J connectivity index is 1.92. The molecule has 2 heterocycles. The number of carbonyl (C=O) groups is 1. The van der Waals surface area contributed by atoms with E-state index in [4.69, 9.17) is 4.42 Å². The molecule has 1 aliphatic heterocycles. The fourth-order valence-corrected chi connectivity index (χ4v) is 3.00. The summed E-state index contributed by atoms with van der Waals surface area (Å²) in [5.74, 6) is 0.194. The number of hydrogen-bond acceptors (Lipinski definition) is 3. The maximum atomic E-state index is 12.9. The lowest BCUT2D eigenvalue weighted by Crippen LogP contribution is -2.31. The molecular weight excluding hydrogens is 323 g/mol. The van der Waals surface area contributed by atoms with E-state index in [0.29, 0.717) is 16.9 Å². The van der Waals surface area contributed by atoms with Crippen LogP contribution in [-0.2, 0) is 6.18 Å². The van der Waals surface area contributed by atoms with E-state index in [2.05, 4.69) is 0 Å². The van der Waals surface area contributed by atoms with E-state index < -0.39 is 23.9 Å².